The number of ether oxygens (including phenoxy) is 3. The molecule has 2 aromatic carbocycles. The summed E-state index contributed by atoms with van der Waals surface area (Å²) in [4.78, 5) is 19.1. The van der Waals surface area contributed by atoms with Crippen LogP contribution < -0.4 is 19.1 Å². The van der Waals surface area contributed by atoms with Crippen LogP contribution in [0.4, 0.5) is 5.69 Å². The van der Waals surface area contributed by atoms with Gasteiger partial charge in [-0.15, -0.1) is 16.8 Å². The minimum Gasteiger partial charge on any atom is -0.454 e. The molecular formula is C22H17BrN4O4S. The van der Waals surface area contributed by atoms with Crippen LogP contribution in [0.5, 0.6) is 17.4 Å². The fourth-order valence-electron chi connectivity index (χ4n) is 3.57. The van der Waals surface area contributed by atoms with E-state index in [4.69, 9.17) is 14.2 Å². The van der Waals surface area contributed by atoms with E-state index in [-0.39, 0.29) is 18.6 Å². The Hall–Kier alpha value is -3.11. The van der Waals surface area contributed by atoms with E-state index in [1.807, 2.05) is 30.3 Å². The van der Waals surface area contributed by atoms with Crippen LogP contribution in [0.25, 0.3) is 11.3 Å². The zero-order valence-corrected chi connectivity index (χ0v) is 19.4. The second kappa shape index (κ2) is 8.44. The Morgan fingerprint density at radius 2 is 2.06 bits per heavy atom. The number of carbonyl (C=O) groups excluding carboxylic acids is 1. The normalized spacial score (nSPS) is 15.9. The SMILES string of the molecule is C=CCSc1nnc2c(n1)O[C@@H](c1cc3c(cc1Br)OCO3)N(C(C)=O)c1ccccc1-2. The number of aromatic nitrogens is 3. The molecule has 10 heteroatoms. The molecule has 3 heterocycles. The lowest BCUT2D eigenvalue weighted by Crippen LogP contribution is -2.36. The van der Waals surface area contributed by atoms with Crippen LogP contribution >= 0.6 is 27.7 Å². The summed E-state index contributed by atoms with van der Waals surface area (Å²) in [5, 5.41) is 9.08. The highest BCUT2D eigenvalue weighted by Crippen LogP contribution is 2.46. The number of benzene rings is 2. The zero-order valence-electron chi connectivity index (χ0n) is 16.9. The summed E-state index contributed by atoms with van der Waals surface area (Å²) in [6, 6.07) is 11.1. The van der Waals surface area contributed by atoms with Crippen LogP contribution in [0.1, 0.15) is 18.7 Å². The standard InChI is InChI=1S/C22H17BrN4O4S/c1-3-8-32-22-24-20-19(25-26-22)13-6-4-5-7-16(13)27(12(2)28)21(31-20)14-9-17-18(10-15(14)23)30-11-29-17/h3-7,9-10,21H,1,8,11H2,2H3/t21-/m0/s1. The molecule has 0 radical (unpaired) electrons. The van der Waals surface area contributed by atoms with E-state index in [0.717, 1.165) is 0 Å². The van der Waals surface area contributed by atoms with E-state index in [2.05, 4.69) is 37.7 Å². The first-order chi connectivity index (χ1) is 15.6. The molecule has 32 heavy (non-hydrogen) atoms. The van der Waals surface area contributed by atoms with Crippen LogP contribution in [0.15, 0.2) is 58.7 Å². The molecule has 0 saturated carbocycles. The summed E-state index contributed by atoms with van der Waals surface area (Å²) >= 11 is 4.99. The van der Waals surface area contributed by atoms with Gasteiger partial charge in [0.05, 0.1) is 5.69 Å². The zero-order chi connectivity index (χ0) is 22.2. The molecule has 2 aliphatic heterocycles. The Morgan fingerprint density at radius 3 is 2.84 bits per heavy atom. The number of rotatable bonds is 4. The number of fused-ring (bicyclic) bond motifs is 4. The van der Waals surface area contributed by atoms with Gasteiger partial charge in [0.1, 0.15) is 0 Å². The first-order valence-electron chi connectivity index (χ1n) is 9.70. The molecule has 8 nitrogen and oxygen atoms in total. The van der Waals surface area contributed by atoms with Gasteiger partial charge < -0.3 is 14.2 Å². The van der Waals surface area contributed by atoms with Gasteiger partial charge in [-0.1, -0.05) is 52.0 Å². The molecule has 0 fully saturated rings. The number of para-hydroxylation sites is 1. The van der Waals surface area contributed by atoms with Crippen molar-refractivity contribution in [1.29, 1.82) is 0 Å². The summed E-state index contributed by atoms with van der Waals surface area (Å²) in [5.41, 5.74) is 2.51. The third-order valence-corrected chi connectivity index (χ3v) is 6.46. The van der Waals surface area contributed by atoms with Gasteiger partial charge in [0.15, 0.2) is 17.2 Å². The first kappa shape index (κ1) is 20.8. The topological polar surface area (TPSA) is 86.7 Å². The van der Waals surface area contributed by atoms with Crippen molar-refractivity contribution >= 4 is 39.3 Å². The van der Waals surface area contributed by atoms with Gasteiger partial charge in [-0.3, -0.25) is 9.69 Å². The summed E-state index contributed by atoms with van der Waals surface area (Å²) in [7, 11) is 0. The Morgan fingerprint density at radius 1 is 1.28 bits per heavy atom. The third kappa shape index (κ3) is 3.59. The fourth-order valence-corrected chi connectivity index (χ4v) is 4.60. The quantitative estimate of drug-likeness (QED) is 0.365. The smallest absolute Gasteiger partial charge is 0.247 e. The van der Waals surface area contributed by atoms with E-state index in [0.29, 0.717) is 49.4 Å². The summed E-state index contributed by atoms with van der Waals surface area (Å²) in [5.74, 6) is 1.92. The molecule has 0 bridgehead atoms. The fraction of sp³-hybridized carbons (Fsp3) is 0.182. The van der Waals surface area contributed by atoms with Gasteiger partial charge in [-0.2, -0.15) is 4.98 Å². The maximum atomic E-state index is 12.9. The van der Waals surface area contributed by atoms with Gasteiger partial charge >= 0.3 is 0 Å². The average molecular weight is 513 g/mol. The highest BCUT2D eigenvalue weighted by Gasteiger charge is 2.36. The van der Waals surface area contributed by atoms with Gasteiger partial charge in [0.25, 0.3) is 0 Å². The minimum absolute atomic E-state index is 0.139. The van der Waals surface area contributed by atoms with Crippen molar-refractivity contribution in [3.05, 3.63) is 59.1 Å². The van der Waals surface area contributed by atoms with E-state index in [1.54, 1.807) is 17.0 Å². The largest absolute Gasteiger partial charge is 0.454 e. The van der Waals surface area contributed by atoms with Crippen LogP contribution in [0.2, 0.25) is 0 Å². The number of nitrogens with zero attached hydrogens (tertiary/aromatic N) is 4. The van der Waals surface area contributed by atoms with Gasteiger partial charge in [0.2, 0.25) is 30.0 Å². The monoisotopic (exact) mass is 512 g/mol. The third-order valence-electron chi connectivity index (χ3n) is 4.94. The van der Waals surface area contributed by atoms with Crippen molar-refractivity contribution in [2.24, 2.45) is 0 Å². The van der Waals surface area contributed by atoms with Crippen molar-refractivity contribution in [1.82, 2.24) is 15.2 Å². The highest BCUT2D eigenvalue weighted by molar-refractivity contribution is 9.10. The van der Waals surface area contributed by atoms with Crippen molar-refractivity contribution in [3.8, 4) is 28.6 Å². The van der Waals surface area contributed by atoms with Crippen molar-refractivity contribution in [2.75, 3.05) is 17.4 Å². The number of hydrogen-bond acceptors (Lipinski definition) is 8. The lowest BCUT2D eigenvalue weighted by molar-refractivity contribution is -0.118. The molecule has 1 aromatic heterocycles. The molecule has 2 aliphatic rings. The predicted octanol–water partition coefficient (Wildman–Crippen LogP) is 4.75. The maximum Gasteiger partial charge on any atom is 0.247 e. The van der Waals surface area contributed by atoms with Crippen molar-refractivity contribution in [2.45, 2.75) is 18.3 Å². The van der Waals surface area contributed by atoms with Crippen molar-refractivity contribution < 1.29 is 19.0 Å². The van der Waals surface area contributed by atoms with Gasteiger partial charge in [-0.05, 0) is 18.2 Å². The Labute approximate surface area is 196 Å². The summed E-state index contributed by atoms with van der Waals surface area (Å²) in [6.07, 6.45) is 0.938. The molecular weight excluding hydrogens is 496 g/mol. The number of anilines is 1. The number of thioether (sulfide) groups is 1. The predicted molar refractivity (Wildman–Crippen MR) is 123 cm³/mol. The van der Waals surface area contributed by atoms with E-state index in [1.165, 1.54) is 18.7 Å². The molecule has 0 aliphatic carbocycles. The first-order valence-corrected chi connectivity index (χ1v) is 11.5. The average Bonchev–Trinajstić information content (AvgIpc) is 3.18. The van der Waals surface area contributed by atoms with Crippen LogP contribution in [0, 0.1) is 0 Å². The Bertz CT molecular complexity index is 1240. The van der Waals surface area contributed by atoms with Crippen molar-refractivity contribution in [3.63, 3.8) is 0 Å². The van der Waals surface area contributed by atoms with Crippen LogP contribution in [-0.4, -0.2) is 33.6 Å². The van der Waals surface area contributed by atoms with E-state index in [9.17, 15) is 4.79 Å². The molecule has 0 saturated heterocycles. The highest BCUT2D eigenvalue weighted by atomic mass is 79.9. The molecule has 0 unspecified atom stereocenters. The second-order valence-electron chi connectivity index (χ2n) is 6.95. The molecule has 162 valence electrons. The van der Waals surface area contributed by atoms with Gasteiger partial charge in [0, 0.05) is 28.3 Å². The molecule has 0 N–H and O–H groups in total. The summed E-state index contributed by atoms with van der Waals surface area (Å²) in [6.45, 7) is 5.36. The van der Waals surface area contributed by atoms with E-state index >= 15 is 0 Å². The lowest BCUT2D eigenvalue weighted by atomic mass is 10.1. The maximum absolute atomic E-state index is 12.9. The molecule has 5 rings (SSSR count). The van der Waals surface area contributed by atoms with Gasteiger partial charge in [-0.25, -0.2) is 0 Å². The second-order valence-corrected chi connectivity index (χ2v) is 8.79. The number of hydrogen-bond donors (Lipinski definition) is 0. The molecule has 0 spiro atoms. The number of amides is 1. The Kier molecular flexibility index (Phi) is 5.48. The minimum atomic E-state index is -0.826. The number of carbonyl (C=O) groups is 1. The van der Waals surface area contributed by atoms with Crippen LogP contribution in [0.3, 0.4) is 0 Å². The summed E-state index contributed by atoms with van der Waals surface area (Å²) < 4.78 is 18.1. The lowest BCUT2D eigenvalue weighted by Gasteiger charge is -2.30. The number of halogens is 1. The molecule has 1 amide bonds. The van der Waals surface area contributed by atoms with Crippen LogP contribution in [-0.2, 0) is 4.79 Å². The molecule has 3 aromatic rings. The Balaban J connectivity index is 1.71. The molecule has 1 atom stereocenters. The van der Waals surface area contributed by atoms with E-state index < -0.39 is 6.23 Å².